The van der Waals surface area contributed by atoms with Gasteiger partial charge in [0.25, 0.3) is 16.8 Å². The first-order valence-electron chi connectivity index (χ1n) is 8.76. The Bertz CT molecular complexity index is 1200. The summed E-state index contributed by atoms with van der Waals surface area (Å²) in [7, 11) is 0. The summed E-state index contributed by atoms with van der Waals surface area (Å²) in [5.41, 5.74) is 0.684. The lowest BCUT2D eigenvalue weighted by atomic mass is 10.1. The number of nitro benzene ring substituents is 1. The molecule has 1 fully saturated rings. The summed E-state index contributed by atoms with van der Waals surface area (Å²) in [5.74, 6) is -0.335. The number of carbonyl (C=O) groups is 2. The van der Waals surface area contributed by atoms with E-state index in [1.165, 1.54) is 36.4 Å². The summed E-state index contributed by atoms with van der Waals surface area (Å²) in [6.07, 6.45) is 1.42. The van der Waals surface area contributed by atoms with Gasteiger partial charge in [-0.15, -0.1) is 0 Å². The molecular weight excluding hydrogens is 411 g/mol. The Balaban J connectivity index is 1.55. The summed E-state index contributed by atoms with van der Waals surface area (Å²) in [5, 5.41) is 10.4. The molecule has 1 aliphatic heterocycles. The minimum Gasteiger partial charge on any atom is -0.457 e. The molecule has 30 heavy (non-hydrogen) atoms. The number of amides is 2. The summed E-state index contributed by atoms with van der Waals surface area (Å²) in [6, 6.07) is 15.1. The van der Waals surface area contributed by atoms with E-state index < -0.39 is 21.9 Å². The van der Waals surface area contributed by atoms with E-state index in [4.69, 9.17) is 4.42 Å². The van der Waals surface area contributed by atoms with Gasteiger partial charge >= 0.3 is 0 Å². The molecule has 0 N–H and O–H groups in total. The Labute approximate surface area is 173 Å². The first-order chi connectivity index (χ1) is 14.4. The van der Waals surface area contributed by atoms with Gasteiger partial charge in [-0.05, 0) is 30.0 Å². The molecule has 9 heteroatoms. The van der Waals surface area contributed by atoms with E-state index >= 15 is 0 Å². The number of carbonyl (C=O) groups excluding carboxylic acids is 2. The Morgan fingerprint density at radius 3 is 2.67 bits per heavy atom. The summed E-state index contributed by atoms with van der Waals surface area (Å²) >= 11 is 0.740. The highest BCUT2D eigenvalue weighted by molar-refractivity contribution is 8.18. The Hall–Kier alpha value is -3.72. The predicted molar refractivity (Wildman–Crippen MR) is 109 cm³/mol. The van der Waals surface area contributed by atoms with E-state index in [1.54, 1.807) is 30.3 Å². The molecule has 1 aromatic heterocycles. The van der Waals surface area contributed by atoms with E-state index in [9.17, 15) is 24.1 Å². The number of furan rings is 1. The maximum absolute atomic E-state index is 13.9. The van der Waals surface area contributed by atoms with Gasteiger partial charge in [-0.2, -0.15) is 0 Å². The SMILES string of the molecule is O=C1S/C(=C\c2ccc(-c3cccc([N+](=O)[O-])c3)o2)C(=O)N1Cc1ccccc1F. The molecule has 3 aromatic rings. The fourth-order valence-electron chi connectivity index (χ4n) is 2.92. The zero-order valence-corrected chi connectivity index (χ0v) is 16.1. The topological polar surface area (TPSA) is 93.7 Å². The normalized spacial score (nSPS) is 15.2. The quantitative estimate of drug-likeness (QED) is 0.316. The highest BCUT2D eigenvalue weighted by Gasteiger charge is 2.35. The number of hydrogen-bond donors (Lipinski definition) is 0. The molecule has 0 radical (unpaired) electrons. The summed E-state index contributed by atoms with van der Waals surface area (Å²) in [6.45, 7) is -0.161. The van der Waals surface area contributed by atoms with Crippen molar-refractivity contribution >= 4 is 34.7 Å². The highest BCUT2D eigenvalue weighted by Crippen LogP contribution is 2.34. The van der Waals surface area contributed by atoms with Crippen LogP contribution in [-0.4, -0.2) is 21.0 Å². The second kappa shape index (κ2) is 7.96. The van der Waals surface area contributed by atoms with Gasteiger partial charge in [-0.25, -0.2) is 4.39 Å². The molecule has 0 unspecified atom stereocenters. The number of rotatable bonds is 5. The minimum absolute atomic E-state index is 0.0697. The zero-order chi connectivity index (χ0) is 21.3. The lowest BCUT2D eigenvalue weighted by molar-refractivity contribution is -0.384. The molecule has 0 saturated carbocycles. The molecule has 2 amide bonds. The monoisotopic (exact) mass is 424 g/mol. The van der Waals surface area contributed by atoms with Crippen molar-refractivity contribution < 1.29 is 23.3 Å². The minimum atomic E-state index is -0.540. The molecule has 2 heterocycles. The Morgan fingerprint density at radius 1 is 1.10 bits per heavy atom. The van der Waals surface area contributed by atoms with Gasteiger partial charge in [0.1, 0.15) is 17.3 Å². The van der Waals surface area contributed by atoms with Crippen LogP contribution >= 0.6 is 11.8 Å². The zero-order valence-electron chi connectivity index (χ0n) is 15.3. The van der Waals surface area contributed by atoms with Crippen LogP contribution in [0, 0.1) is 15.9 Å². The molecule has 2 aromatic carbocycles. The van der Waals surface area contributed by atoms with Gasteiger partial charge in [0.05, 0.1) is 16.4 Å². The first-order valence-corrected chi connectivity index (χ1v) is 9.57. The van der Waals surface area contributed by atoms with Gasteiger partial charge in [0, 0.05) is 29.3 Å². The first kappa shape index (κ1) is 19.6. The van der Waals surface area contributed by atoms with Crippen molar-refractivity contribution in [3.05, 3.63) is 92.8 Å². The number of thioether (sulfide) groups is 1. The van der Waals surface area contributed by atoms with Crippen LogP contribution in [-0.2, 0) is 11.3 Å². The van der Waals surface area contributed by atoms with E-state index in [0.29, 0.717) is 17.1 Å². The average molecular weight is 424 g/mol. The van der Waals surface area contributed by atoms with Crippen molar-refractivity contribution in [3.8, 4) is 11.3 Å². The molecule has 0 atom stereocenters. The number of nitrogens with zero attached hydrogens (tertiary/aromatic N) is 2. The van der Waals surface area contributed by atoms with Crippen LogP contribution in [0.4, 0.5) is 14.9 Å². The summed E-state index contributed by atoms with van der Waals surface area (Å²) < 4.78 is 19.5. The van der Waals surface area contributed by atoms with Gasteiger partial charge in [0.2, 0.25) is 0 Å². The second-order valence-corrected chi connectivity index (χ2v) is 7.36. The van der Waals surface area contributed by atoms with E-state index in [-0.39, 0.29) is 22.7 Å². The largest absolute Gasteiger partial charge is 0.457 e. The van der Waals surface area contributed by atoms with Crippen molar-refractivity contribution in [2.24, 2.45) is 0 Å². The van der Waals surface area contributed by atoms with Crippen LogP contribution in [0.2, 0.25) is 0 Å². The molecule has 150 valence electrons. The van der Waals surface area contributed by atoms with E-state index in [0.717, 1.165) is 16.7 Å². The highest BCUT2D eigenvalue weighted by atomic mass is 32.2. The Kier molecular flexibility index (Phi) is 5.20. The van der Waals surface area contributed by atoms with Crippen LogP contribution < -0.4 is 0 Å². The molecule has 4 rings (SSSR count). The van der Waals surface area contributed by atoms with Crippen LogP contribution in [0.15, 0.2) is 70.0 Å². The number of halogens is 1. The van der Waals surface area contributed by atoms with Crippen LogP contribution in [0.25, 0.3) is 17.4 Å². The fourth-order valence-corrected chi connectivity index (χ4v) is 3.74. The van der Waals surface area contributed by atoms with Crippen molar-refractivity contribution in [1.29, 1.82) is 0 Å². The number of nitro groups is 1. The fraction of sp³-hybridized carbons (Fsp3) is 0.0476. The van der Waals surface area contributed by atoms with Crippen LogP contribution in [0.1, 0.15) is 11.3 Å². The van der Waals surface area contributed by atoms with Gasteiger partial charge in [0.15, 0.2) is 0 Å². The maximum atomic E-state index is 13.9. The van der Waals surface area contributed by atoms with Crippen molar-refractivity contribution in [1.82, 2.24) is 4.90 Å². The molecule has 0 spiro atoms. The van der Waals surface area contributed by atoms with Gasteiger partial charge in [-0.1, -0.05) is 30.3 Å². The number of hydrogen-bond acceptors (Lipinski definition) is 6. The maximum Gasteiger partial charge on any atom is 0.293 e. The van der Waals surface area contributed by atoms with Crippen LogP contribution in [0.3, 0.4) is 0 Å². The average Bonchev–Trinajstić information content (AvgIpc) is 3.30. The third-order valence-corrected chi connectivity index (χ3v) is 5.31. The molecular formula is C21H13FN2O5S. The number of imide groups is 1. The summed E-state index contributed by atoms with van der Waals surface area (Å²) in [4.78, 5) is 36.4. The molecule has 7 nitrogen and oxygen atoms in total. The number of benzene rings is 2. The lowest BCUT2D eigenvalue weighted by Gasteiger charge is -2.12. The standard InChI is InChI=1S/C21H13FN2O5S/c22-17-7-2-1-4-14(17)12-23-20(25)19(30-21(23)26)11-16-8-9-18(29-16)13-5-3-6-15(10-13)24(27)28/h1-11H,12H2/b19-11-. The van der Waals surface area contributed by atoms with Crippen molar-refractivity contribution in [3.63, 3.8) is 0 Å². The van der Waals surface area contributed by atoms with Crippen molar-refractivity contribution in [2.75, 3.05) is 0 Å². The third kappa shape index (κ3) is 3.87. The van der Waals surface area contributed by atoms with Gasteiger partial charge in [-0.3, -0.25) is 24.6 Å². The van der Waals surface area contributed by atoms with E-state index in [1.807, 2.05) is 0 Å². The smallest absolute Gasteiger partial charge is 0.293 e. The van der Waals surface area contributed by atoms with Gasteiger partial charge < -0.3 is 4.42 Å². The van der Waals surface area contributed by atoms with Crippen molar-refractivity contribution in [2.45, 2.75) is 6.54 Å². The predicted octanol–water partition coefficient (Wildman–Crippen LogP) is 5.23. The van der Waals surface area contributed by atoms with E-state index in [2.05, 4.69) is 0 Å². The Morgan fingerprint density at radius 2 is 1.90 bits per heavy atom. The van der Waals surface area contributed by atoms with Crippen LogP contribution in [0.5, 0.6) is 0 Å². The second-order valence-electron chi connectivity index (χ2n) is 6.37. The molecule has 1 aliphatic rings. The molecule has 1 saturated heterocycles. The number of non-ortho nitro benzene ring substituents is 1. The third-order valence-electron chi connectivity index (χ3n) is 4.40. The molecule has 0 aliphatic carbocycles. The lowest BCUT2D eigenvalue weighted by Crippen LogP contribution is -2.27. The molecule has 0 bridgehead atoms.